The SMILES string of the molecule is [CH3][Sn]([CH3])([CH3])[c]1cc2c(cn1)OCCO2. The predicted octanol–water partition coefficient (Wildman–Crippen LogP) is 1.40. The quantitative estimate of drug-likeness (QED) is 0.735. The van der Waals surface area contributed by atoms with Crippen molar-refractivity contribution in [3.05, 3.63) is 12.3 Å². The van der Waals surface area contributed by atoms with Crippen LogP contribution in [0.25, 0.3) is 0 Å². The topological polar surface area (TPSA) is 31.4 Å². The van der Waals surface area contributed by atoms with Crippen LogP contribution in [0.3, 0.4) is 0 Å². The van der Waals surface area contributed by atoms with E-state index in [0.29, 0.717) is 13.2 Å². The van der Waals surface area contributed by atoms with Crippen LogP contribution in [-0.2, 0) is 0 Å². The predicted molar refractivity (Wildman–Crippen MR) is 58.2 cm³/mol. The third kappa shape index (κ3) is 1.97. The fourth-order valence-corrected chi connectivity index (χ4v) is 4.26. The molecule has 2 heterocycles. The molecular weight excluding hydrogens is 285 g/mol. The first-order valence-electron chi connectivity index (χ1n) is 4.83. The summed E-state index contributed by atoms with van der Waals surface area (Å²) in [7, 11) is 0. The molecule has 0 aromatic carbocycles. The third-order valence-corrected chi connectivity index (χ3v) is 7.37. The Bertz CT molecular complexity index is 346. The molecule has 3 nitrogen and oxygen atoms in total. The molecule has 1 aromatic rings. The molecule has 0 amide bonds. The maximum absolute atomic E-state index is 5.53. The number of hydrogen-bond acceptors (Lipinski definition) is 3. The first-order valence-corrected chi connectivity index (χ1v) is 14.8. The first kappa shape index (κ1) is 10.1. The Labute approximate surface area is 88.3 Å². The summed E-state index contributed by atoms with van der Waals surface area (Å²) in [5.74, 6) is 1.66. The van der Waals surface area contributed by atoms with Crippen LogP contribution in [0.5, 0.6) is 11.5 Å². The fraction of sp³-hybridized carbons (Fsp3) is 0.500. The van der Waals surface area contributed by atoms with Gasteiger partial charge in [0.05, 0.1) is 0 Å². The van der Waals surface area contributed by atoms with Crippen LogP contribution in [0.1, 0.15) is 0 Å². The van der Waals surface area contributed by atoms with Gasteiger partial charge in [0.1, 0.15) is 0 Å². The van der Waals surface area contributed by atoms with Gasteiger partial charge in [-0.25, -0.2) is 0 Å². The van der Waals surface area contributed by atoms with Crippen LogP contribution in [0.4, 0.5) is 0 Å². The van der Waals surface area contributed by atoms with Crippen LogP contribution in [0.15, 0.2) is 12.3 Å². The van der Waals surface area contributed by atoms with E-state index in [4.69, 9.17) is 9.47 Å². The minimum absolute atomic E-state index is 0.632. The van der Waals surface area contributed by atoms with E-state index in [1.165, 1.54) is 3.71 Å². The van der Waals surface area contributed by atoms with Gasteiger partial charge in [-0.15, -0.1) is 0 Å². The maximum atomic E-state index is 5.53. The molecule has 0 aliphatic carbocycles. The molecule has 0 saturated carbocycles. The Kier molecular flexibility index (Phi) is 2.60. The summed E-state index contributed by atoms with van der Waals surface area (Å²) in [6.45, 7) is 1.28. The van der Waals surface area contributed by atoms with Crippen molar-refractivity contribution in [3.8, 4) is 11.5 Å². The van der Waals surface area contributed by atoms with Crippen molar-refractivity contribution >= 4 is 22.1 Å². The molecule has 0 fully saturated rings. The molecular formula is C10H15NO2Sn. The molecule has 0 saturated heterocycles. The van der Waals surface area contributed by atoms with Gasteiger partial charge in [-0.1, -0.05) is 0 Å². The van der Waals surface area contributed by atoms with Crippen molar-refractivity contribution in [2.24, 2.45) is 0 Å². The summed E-state index contributed by atoms with van der Waals surface area (Å²) in [4.78, 5) is 11.5. The third-order valence-electron chi connectivity index (χ3n) is 2.20. The average Bonchev–Trinajstić information content (AvgIpc) is 2.16. The van der Waals surface area contributed by atoms with Crippen molar-refractivity contribution in [2.45, 2.75) is 14.8 Å². The summed E-state index contributed by atoms with van der Waals surface area (Å²) in [6.07, 6.45) is 1.80. The van der Waals surface area contributed by atoms with Crippen molar-refractivity contribution in [2.75, 3.05) is 13.2 Å². The van der Waals surface area contributed by atoms with E-state index in [1.54, 1.807) is 6.20 Å². The van der Waals surface area contributed by atoms with Gasteiger partial charge >= 0.3 is 88.3 Å². The van der Waals surface area contributed by atoms with Gasteiger partial charge in [-0.05, 0) is 0 Å². The molecule has 0 radical (unpaired) electrons. The van der Waals surface area contributed by atoms with Crippen molar-refractivity contribution in [1.29, 1.82) is 0 Å². The Hall–Kier alpha value is -0.451. The van der Waals surface area contributed by atoms with Gasteiger partial charge in [0, 0.05) is 0 Å². The summed E-state index contributed by atoms with van der Waals surface area (Å²) < 4.78 is 12.2. The van der Waals surface area contributed by atoms with Gasteiger partial charge in [0.15, 0.2) is 0 Å². The van der Waals surface area contributed by atoms with Crippen molar-refractivity contribution < 1.29 is 9.47 Å². The van der Waals surface area contributed by atoms with Gasteiger partial charge < -0.3 is 0 Å². The van der Waals surface area contributed by atoms with E-state index in [2.05, 4.69) is 25.9 Å². The van der Waals surface area contributed by atoms with Gasteiger partial charge in [0.2, 0.25) is 0 Å². The van der Waals surface area contributed by atoms with Crippen LogP contribution >= 0.6 is 0 Å². The van der Waals surface area contributed by atoms with Gasteiger partial charge in [-0.2, -0.15) is 0 Å². The summed E-state index contributed by atoms with van der Waals surface area (Å²) in [6, 6.07) is 2.06. The molecule has 76 valence electrons. The molecule has 2 rings (SSSR count). The normalized spacial score (nSPS) is 15.4. The second-order valence-electron chi connectivity index (χ2n) is 4.46. The van der Waals surface area contributed by atoms with Gasteiger partial charge in [0.25, 0.3) is 0 Å². The number of fused-ring (bicyclic) bond motifs is 1. The second-order valence-corrected chi connectivity index (χ2v) is 18.8. The standard InChI is InChI=1S/C7H6NO2.3CH3.Sn/c1-2-8-5-7-6(1)9-3-4-10-7;;;;/h1,5H,3-4H2;3*1H3;. The summed E-state index contributed by atoms with van der Waals surface area (Å²) >= 11 is -2.05. The zero-order valence-corrected chi connectivity index (χ0v) is 11.7. The molecule has 1 aromatic heterocycles. The molecule has 4 heteroatoms. The van der Waals surface area contributed by atoms with Crippen LogP contribution < -0.4 is 13.2 Å². The zero-order valence-electron chi connectivity index (χ0n) is 8.83. The summed E-state index contributed by atoms with van der Waals surface area (Å²) in [5, 5.41) is 0. The second kappa shape index (κ2) is 3.60. The van der Waals surface area contributed by atoms with Crippen molar-refractivity contribution in [3.63, 3.8) is 0 Å². The first-order chi connectivity index (χ1) is 6.57. The van der Waals surface area contributed by atoms with E-state index in [0.717, 1.165) is 11.5 Å². The van der Waals surface area contributed by atoms with E-state index in [9.17, 15) is 0 Å². The van der Waals surface area contributed by atoms with Crippen LogP contribution in [-0.4, -0.2) is 36.6 Å². The van der Waals surface area contributed by atoms with E-state index < -0.39 is 18.4 Å². The Balaban J connectivity index is 2.39. The number of ether oxygens (including phenoxy) is 2. The number of aromatic nitrogens is 1. The molecule has 0 unspecified atom stereocenters. The van der Waals surface area contributed by atoms with Crippen LogP contribution in [0, 0.1) is 0 Å². The van der Waals surface area contributed by atoms with Crippen molar-refractivity contribution in [1.82, 2.24) is 4.98 Å². The number of pyridine rings is 1. The average molecular weight is 300 g/mol. The summed E-state index contributed by atoms with van der Waals surface area (Å²) in [5.41, 5.74) is 0. The Morgan fingerprint density at radius 2 is 1.79 bits per heavy atom. The van der Waals surface area contributed by atoms with Gasteiger partial charge in [-0.3, -0.25) is 0 Å². The molecule has 0 bridgehead atoms. The Morgan fingerprint density at radius 1 is 1.14 bits per heavy atom. The number of rotatable bonds is 1. The molecule has 0 spiro atoms. The molecule has 1 aliphatic rings. The fourth-order valence-electron chi connectivity index (χ4n) is 1.36. The number of hydrogen-bond donors (Lipinski definition) is 0. The molecule has 1 aliphatic heterocycles. The minimum atomic E-state index is -2.05. The Morgan fingerprint density at radius 3 is 2.43 bits per heavy atom. The molecule has 0 N–H and O–H groups in total. The van der Waals surface area contributed by atoms with Crippen LogP contribution in [0.2, 0.25) is 14.8 Å². The van der Waals surface area contributed by atoms with E-state index in [-0.39, 0.29) is 0 Å². The molecule has 14 heavy (non-hydrogen) atoms. The number of nitrogens with zero attached hydrogens (tertiary/aromatic N) is 1. The molecule has 0 atom stereocenters. The monoisotopic (exact) mass is 301 g/mol. The zero-order chi connectivity index (χ0) is 10.2. The van der Waals surface area contributed by atoms with E-state index >= 15 is 0 Å². The van der Waals surface area contributed by atoms with E-state index in [1.807, 2.05) is 0 Å².